The Balaban J connectivity index is 1.95. The van der Waals surface area contributed by atoms with E-state index in [2.05, 4.69) is 4.98 Å². The lowest BCUT2D eigenvalue weighted by atomic mass is 10.2. The highest BCUT2D eigenvalue weighted by Gasteiger charge is 2.21. The number of benzene rings is 2. The van der Waals surface area contributed by atoms with E-state index in [1.54, 1.807) is 60.2 Å². The first kappa shape index (κ1) is 19.5. The van der Waals surface area contributed by atoms with E-state index in [0.29, 0.717) is 21.4 Å². The van der Waals surface area contributed by atoms with Gasteiger partial charge in [-0.1, -0.05) is 35.3 Å². The predicted octanol–water partition coefficient (Wildman–Crippen LogP) is 6.18. The fourth-order valence-corrected chi connectivity index (χ4v) is 3.44. The number of amides is 1. The number of hydrogen-bond acceptors (Lipinski definition) is 4. The number of para-hydroxylation sites is 1. The number of thioether (sulfide) groups is 1. The van der Waals surface area contributed by atoms with Crippen molar-refractivity contribution < 1.29 is 9.53 Å². The lowest BCUT2D eigenvalue weighted by Gasteiger charge is -2.21. The summed E-state index contributed by atoms with van der Waals surface area (Å²) in [5, 5.41) is 0.855. The molecule has 7 heteroatoms. The van der Waals surface area contributed by atoms with Gasteiger partial charge in [0.05, 0.1) is 10.7 Å². The van der Waals surface area contributed by atoms with Crippen LogP contribution in [0.5, 0.6) is 11.6 Å². The molecule has 1 heterocycles. The van der Waals surface area contributed by atoms with Crippen molar-refractivity contribution in [2.75, 3.05) is 18.2 Å². The zero-order valence-electron chi connectivity index (χ0n) is 14.6. The van der Waals surface area contributed by atoms with E-state index in [1.165, 1.54) is 0 Å². The van der Waals surface area contributed by atoms with Crippen molar-refractivity contribution in [2.45, 2.75) is 4.90 Å². The average Bonchev–Trinajstić information content (AvgIpc) is 2.70. The van der Waals surface area contributed by atoms with Crippen molar-refractivity contribution in [3.63, 3.8) is 0 Å². The second kappa shape index (κ2) is 8.65. The summed E-state index contributed by atoms with van der Waals surface area (Å²) in [6.07, 6.45) is 3.53. The SMILES string of the molecule is CSc1ccccc1N(C)C(=O)c1cccnc1Oc1cc(Cl)ccc1Cl. The normalized spacial score (nSPS) is 10.5. The number of halogens is 2. The number of ether oxygens (including phenoxy) is 1. The van der Waals surface area contributed by atoms with Crippen LogP contribution in [0.2, 0.25) is 10.0 Å². The van der Waals surface area contributed by atoms with E-state index in [4.69, 9.17) is 27.9 Å². The van der Waals surface area contributed by atoms with Crippen LogP contribution in [-0.2, 0) is 0 Å². The molecule has 0 aliphatic rings. The maximum Gasteiger partial charge on any atom is 0.263 e. The lowest BCUT2D eigenvalue weighted by Crippen LogP contribution is -2.27. The number of anilines is 1. The monoisotopic (exact) mass is 418 g/mol. The average molecular weight is 419 g/mol. The third-order valence-corrected chi connectivity index (χ3v) is 5.18. The molecule has 0 saturated carbocycles. The number of rotatable bonds is 5. The van der Waals surface area contributed by atoms with Gasteiger partial charge in [-0.2, -0.15) is 0 Å². The van der Waals surface area contributed by atoms with E-state index in [-0.39, 0.29) is 11.8 Å². The van der Waals surface area contributed by atoms with Gasteiger partial charge in [-0.25, -0.2) is 4.98 Å². The summed E-state index contributed by atoms with van der Waals surface area (Å²) in [7, 11) is 1.72. The first-order chi connectivity index (χ1) is 13.0. The number of pyridine rings is 1. The Morgan fingerprint density at radius 3 is 2.67 bits per heavy atom. The summed E-state index contributed by atoms with van der Waals surface area (Å²) in [6.45, 7) is 0. The summed E-state index contributed by atoms with van der Waals surface area (Å²) in [5.74, 6) is 0.266. The predicted molar refractivity (Wildman–Crippen MR) is 112 cm³/mol. The molecule has 0 N–H and O–H groups in total. The second-order valence-corrected chi connectivity index (χ2v) is 7.26. The molecule has 0 spiro atoms. The molecule has 2 aromatic carbocycles. The van der Waals surface area contributed by atoms with Crippen LogP contribution in [0.1, 0.15) is 10.4 Å². The Kier molecular flexibility index (Phi) is 6.26. The van der Waals surface area contributed by atoms with Crippen molar-refractivity contribution in [2.24, 2.45) is 0 Å². The van der Waals surface area contributed by atoms with Gasteiger partial charge in [0.2, 0.25) is 5.88 Å². The summed E-state index contributed by atoms with van der Waals surface area (Å²) < 4.78 is 5.80. The number of carbonyl (C=O) groups excluding carboxylic acids is 1. The van der Waals surface area contributed by atoms with E-state index in [9.17, 15) is 4.79 Å². The summed E-state index contributed by atoms with van der Waals surface area (Å²) in [5.41, 5.74) is 1.14. The van der Waals surface area contributed by atoms with Crippen molar-refractivity contribution in [3.05, 3.63) is 76.4 Å². The van der Waals surface area contributed by atoms with Crippen LogP contribution in [0.15, 0.2) is 65.7 Å². The molecule has 0 bridgehead atoms. The maximum atomic E-state index is 13.1. The third kappa shape index (κ3) is 4.38. The molecule has 1 aromatic heterocycles. The zero-order chi connectivity index (χ0) is 19.4. The summed E-state index contributed by atoms with van der Waals surface area (Å²) in [4.78, 5) is 19.9. The molecule has 27 heavy (non-hydrogen) atoms. The molecule has 3 aromatic rings. The Hall–Kier alpha value is -2.21. The highest BCUT2D eigenvalue weighted by molar-refractivity contribution is 7.98. The van der Waals surface area contributed by atoms with Gasteiger partial charge in [0, 0.05) is 29.2 Å². The zero-order valence-corrected chi connectivity index (χ0v) is 17.0. The van der Waals surface area contributed by atoms with Crippen molar-refractivity contribution in [1.29, 1.82) is 0 Å². The van der Waals surface area contributed by atoms with Gasteiger partial charge in [-0.15, -0.1) is 11.8 Å². The Labute approximate surface area is 172 Å². The van der Waals surface area contributed by atoms with Crippen LogP contribution in [0, 0.1) is 0 Å². The van der Waals surface area contributed by atoms with Crippen LogP contribution in [-0.4, -0.2) is 24.2 Å². The molecule has 1 amide bonds. The Morgan fingerprint density at radius 2 is 1.89 bits per heavy atom. The molecular weight excluding hydrogens is 403 g/mol. The number of aromatic nitrogens is 1. The van der Waals surface area contributed by atoms with Crippen molar-refractivity contribution >= 4 is 46.6 Å². The molecule has 0 radical (unpaired) electrons. The molecule has 138 valence electrons. The number of carbonyl (C=O) groups is 1. The quantitative estimate of drug-likeness (QED) is 0.463. The minimum Gasteiger partial charge on any atom is -0.437 e. The van der Waals surface area contributed by atoms with E-state index >= 15 is 0 Å². The van der Waals surface area contributed by atoms with Gasteiger partial charge < -0.3 is 9.64 Å². The maximum absolute atomic E-state index is 13.1. The van der Waals surface area contributed by atoms with Crippen LogP contribution >= 0.6 is 35.0 Å². The number of nitrogens with zero attached hydrogens (tertiary/aromatic N) is 2. The summed E-state index contributed by atoms with van der Waals surface area (Å²) >= 11 is 13.8. The summed E-state index contributed by atoms with van der Waals surface area (Å²) in [6, 6.07) is 15.9. The topological polar surface area (TPSA) is 42.4 Å². The lowest BCUT2D eigenvalue weighted by molar-refractivity contribution is 0.0989. The van der Waals surface area contributed by atoms with E-state index in [1.807, 2.05) is 30.5 Å². The molecule has 0 fully saturated rings. The molecule has 0 aliphatic heterocycles. The Bertz CT molecular complexity index is 982. The number of hydrogen-bond donors (Lipinski definition) is 0. The molecule has 3 rings (SSSR count). The molecular formula is C20H16Cl2N2O2S. The van der Waals surface area contributed by atoms with Gasteiger partial charge in [-0.3, -0.25) is 4.79 Å². The van der Waals surface area contributed by atoms with Crippen LogP contribution < -0.4 is 9.64 Å². The van der Waals surface area contributed by atoms with Crippen molar-refractivity contribution in [1.82, 2.24) is 4.98 Å². The highest BCUT2D eigenvalue weighted by Crippen LogP contribution is 2.34. The van der Waals surface area contributed by atoms with Gasteiger partial charge in [0.1, 0.15) is 11.3 Å². The standard InChI is InChI=1S/C20H16Cl2N2O2S/c1-24(16-7-3-4-8-18(16)27-2)20(25)14-6-5-11-23-19(14)26-17-12-13(21)9-10-15(17)22/h3-12H,1-2H3. The van der Waals surface area contributed by atoms with E-state index in [0.717, 1.165) is 10.6 Å². The molecule has 0 aliphatic carbocycles. The molecule has 4 nitrogen and oxygen atoms in total. The van der Waals surface area contributed by atoms with Crippen LogP contribution in [0.3, 0.4) is 0 Å². The fraction of sp³-hybridized carbons (Fsp3) is 0.100. The highest BCUT2D eigenvalue weighted by atomic mass is 35.5. The smallest absolute Gasteiger partial charge is 0.263 e. The van der Waals surface area contributed by atoms with Gasteiger partial charge in [-0.05, 0) is 42.7 Å². The molecule has 0 atom stereocenters. The first-order valence-corrected chi connectivity index (χ1v) is 9.98. The van der Waals surface area contributed by atoms with Gasteiger partial charge >= 0.3 is 0 Å². The van der Waals surface area contributed by atoms with Crippen molar-refractivity contribution in [3.8, 4) is 11.6 Å². The van der Waals surface area contributed by atoms with Gasteiger partial charge in [0.15, 0.2) is 0 Å². The third-order valence-electron chi connectivity index (χ3n) is 3.85. The minimum atomic E-state index is -0.238. The first-order valence-electron chi connectivity index (χ1n) is 8.00. The second-order valence-electron chi connectivity index (χ2n) is 5.57. The molecule has 0 saturated heterocycles. The van der Waals surface area contributed by atoms with E-state index < -0.39 is 0 Å². The minimum absolute atomic E-state index is 0.167. The Morgan fingerprint density at radius 1 is 1.11 bits per heavy atom. The fourth-order valence-electron chi connectivity index (χ4n) is 2.49. The van der Waals surface area contributed by atoms with Crippen LogP contribution in [0.4, 0.5) is 5.69 Å². The molecule has 0 unspecified atom stereocenters. The van der Waals surface area contributed by atoms with Crippen LogP contribution in [0.25, 0.3) is 0 Å². The largest absolute Gasteiger partial charge is 0.437 e. The van der Waals surface area contributed by atoms with Gasteiger partial charge in [0.25, 0.3) is 5.91 Å².